The highest BCUT2D eigenvalue weighted by molar-refractivity contribution is 7.88. The molecule has 0 unspecified atom stereocenters. The Morgan fingerprint density at radius 1 is 0.352 bits per heavy atom. The van der Waals surface area contributed by atoms with Crippen molar-refractivity contribution >= 4 is 164 Å². The fourth-order valence-electron chi connectivity index (χ4n) is 10.7. The number of carbonyl (C=O) groups is 5. The van der Waals surface area contributed by atoms with Crippen LogP contribution in [0.25, 0.3) is 84.2 Å². The van der Waals surface area contributed by atoms with E-state index in [1.165, 1.54) is 0 Å². The minimum absolute atomic E-state index is 0. The van der Waals surface area contributed by atoms with Crippen molar-refractivity contribution in [1.82, 2.24) is 16.0 Å². The molecule has 0 aliphatic carbocycles. The van der Waals surface area contributed by atoms with Gasteiger partial charge in [-0.25, -0.2) is 46.9 Å². The highest BCUT2D eigenvalue weighted by atomic mass is 32.2. The first-order valence-electron chi connectivity index (χ1n) is 35.4. The van der Waals surface area contributed by atoms with Gasteiger partial charge in [0, 0.05) is 72.8 Å². The third kappa shape index (κ3) is 35.3. The maximum Gasteiger partial charge on any atom is 0.428 e. The zero-order valence-electron chi connectivity index (χ0n) is 68.5. The van der Waals surface area contributed by atoms with Gasteiger partial charge in [0.25, 0.3) is 0 Å². The minimum atomic E-state index is -6.14. The number of ketones is 1. The van der Waals surface area contributed by atoms with Crippen LogP contribution in [0.5, 0.6) is 28.7 Å². The number of benzene rings is 10. The molecule has 38 heteroatoms. The maximum absolute atomic E-state index is 13.0. The Hall–Kier alpha value is -12.6. The first-order chi connectivity index (χ1) is 56.5. The Kier molecular flexibility index (Phi) is 44.9. The van der Waals surface area contributed by atoms with E-state index in [2.05, 4.69) is 48.3 Å². The highest BCUT2D eigenvalue weighted by Gasteiger charge is 2.49. The quantitative estimate of drug-likeness (QED) is 0.0107. The van der Waals surface area contributed by atoms with Gasteiger partial charge in [0.05, 0.1) is 32.1 Å². The molecule has 0 bridgehead atoms. The molecule has 670 valence electrons. The lowest BCUT2D eigenvalue weighted by Gasteiger charge is -2.18. The fourth-order valence-corrected chi connectivity index (χ4v) is 12.7. The normalized spacial score (nSPS) is 11.1. The number of rotatable bonds is 37. The summed E-state index contributed by atoms with van der Waals surface area (Å²) >= 11 is 0. The summed E-state index contributed by atoms with van der Waals surface area (Å²) < 4.78 is 240. The number of nitrogens with one attached hydrogen (secondary N) is 3. The van der Waals surface area contributed by atoms with Crippen LogP contribution in [0.1, 0.15) is 47.1 Å². The SMILES string of the molecule is C=Cc1ccc2cc(OCCCNC(=O)CS(=O)(=O)[O-])ccc2c1.C=Cc1ccc2cc(OCCNC(=O)CS(=O)(=O)[O-])ccc2c1.C=Cc1cccc2c(OCCC(=O)CS(=O)(=O)[O-])cccc12.C=Cc1cccc2c(OCCCNC(=O)C(F)(F)S(=O)(=O)[O-])cccc12.C=Cc1cccc2c(OCCOC(=O)C(F)(F)S(=O)(=O)[O-])cccc12.[CH3+].[CH3+].[CH3+].[CH3+].[CH3+]. The van der Waals surface area contributed by atoms with Gasteiger partial charge in [0.1, 0.15) is 96.2 Å². The third-order valence-electron chi connectivity index (χ3n) is 16.3. The number of halogens is 4. The van der Waals surface area contributed by atoms with E-state index < -0.39 is 114 Å². The molecule has 10 aromatic carbocycles. The Balaban J connectivity index is 0.000000774. The van der Waals surface area contributed by atoms with E-state index in [1.54, 1.807) is 84.2 Å². The monoisotopic (exact) mass is 1830 g/mol. The molecule has 3 amide bonds. The van der Waals surface area contributed by atoms with Crippen molar-refractivity contribution in [2.24, 2.45) is 0 Å². The molecule has 0 saturated heterocycles. The predicted octanol–water partition coefficient (Wildman–Crippen LogP) is 13.1. The molecule has 10 rings (SSSR count). The summed E-state index contributed by atoms with van der Waals surface area (Å²) in [4.78, 5) is 55.7. The number of carbonyl (C=O) groups excluding carboxylic acids is 5. The van der Waals surface area contributed by atoms with Crippen LogP contribution in [-0.4, -0.2) is 181 Å². The molecule has 0 aliphatic heterocycles. The number of hydrogen-bond donors (Lipinski definition) is 3. The van der Waals surface area contributed by atoms with E-state index in [0.717, 1.165) is 81.7 Å². The topological polar surface area (TPSA) is 463 Å². The standard InChI is InChI=1S/C17H17F2NO5S.C17H19NO5S.C16H14F2O6S.C16H17NO5S.C16H16O5S.5CH3/c1-2-12-6-3-8-14-13(12)7-4-9-15(14)25-11-5-10-20-16(21)17(18,19)26(22,23)24;1-2-13-4-5-15-11-16(7-6-14(15)10-13)23-9-3-8-18-17(19)12-24(20,21)22;1-2-11-5-3-7-13-12(11)6-4-8-14(13)23-9-10-24-15(19)16(17,18)25(20,21)22;1-2-12-3-4-14-10-15(6-5-13(14)9-12)22-8-7-17-16(18)11-23(19,20)21;1-2-12-5-3-7-15-14(12)6-4-8-16(15)21-10-9-13(17)11-22(18,19)20;;;;;/h2-4,6-9H,1,5,10-11H2,(H,20,21)(H,22,23,24);2,4-7,10-11H,1,3,8-9,12H2,(H,18,19)(H,20,21,22);2-8H,1,9-10H2,(H,20,21,22);2-6,9-10H,1,7-8,11H2,(H,17,18)(H,19,20,21);2-8H,1,9-11H2,(H,18,19,20);5*1H3/q;;;;;5*+1/p-5. The number of ether oxygens (including phenoxy) is 6. The predicted molar refractivity (Wildman–Crippen MR) is 472 cm³/mol. The first-order valence-corrected chi connectivity index (χ1v) is 42.9. The second kappa shape index (κ2) is 50.8. The van der Waals surface area contributed by atoms with E-state index in [1.807, 2.05) is 133 Å². The van der Waals surface area contributed by atoms with Crippen LogP contribution in [0.3, 0.4) is 0 Å². The Labute approximate surface area is 725 Å². The van der Waals surface area contributed by atoms with Crippen LogP contribution < -0.4 is 39.6 Å². The second-order valence-corrected chi connectivity index (χ2v) is 32.1. The van der Waals surface area contributed by atoms with Crippen molar-refractivity contribution in [2.45, 2.75) is 29.8 Å². The molecule has 0 aromatic heterocycles. The lowest BCUT2D eigenvalue weighted by molar-refractivity contribution is -0.162. The van der Waals surface area contributed by atoms with Gasteiger partial charge in [0.2, 0.25) is 11.8 Å². The smallest absolute Gasteiger partial charge is 0.428 e. The highest BCUT2D eigenvalue weighted by Crippen LogP contribution is 2.33. The first kappa shape index (κ1) is 110. The molecule has 0 saturated carbocycles. The van der Waals surface area contributed by atoms with Crippen LogP contribution in [0, 0.1) is 37.1 Å². The van der Waals surface area contributed by atoms with E-state index in [-0.39, 0.29) is 96.0 Å². The third-order valence-corrected chi connectivity index (χ3v) is 19.8. The van der Waals surface area contributed by atoms with Gasteiger partial charge in [-0.05, 0) is 133 Å². The van der Waals surface area contributed by atoms with E-state index in [9.17, 15) is 106 Å². The summed E-state index contributed by atoms with van der Waals surface area (Å²) in [6, 6.07) is 56.1. The molecule has 0 radical (unpaired) electrons. The van der Waals surface area contributed by atoms with Crippen LogP contribution in [0.15, 0.2) is 215 Å². The lowest BCUT2D eigenvalue weighted by Crippen LogP contribution is -2.46. The lowest BCUT2D eigenvalue weighted by atomic mass is 10.0. The van der Waals surface area contributed by atoms with Crippen molar-refractivity contribution < 1.29 is 135 Å². The Morgan fingerprint density at radius 3 is 1.07 bits per heavy atom. The number of amides is 3. The van der Waals surface area contributed by atoms with Gasteiger partial charge in [-0.2, -0.15) is 17.6 Å². The molecule has 0 heterocycles. The van der Waals surface area contributed by atoms with Gasteiger partial charge < -0.3 is 67.1 Å². The van der Waals surface area contributed by atoms with Crippen LogP contribution in [-0.2, 0) is 79.3 Å². The van der Waals surface area contributed by atoms with Crippen LogP contribution in [0.2, 0.25) is 0 Å². The molecular weight excluding hydrogens is 1740 g/mol. The summed E-state index contributed by atoms with van der Waals surface area (Å²) in [6.45, 7) is 18.4. The molecule has 29 nitrogen and oxygen atoms in total. The van der Waals surface area contributed by atoms with Crippen molar-refractivity contribution in [3.05, 3.63) is 280 Å². The van der Waals surface area contributed by atoms with Crippen molar-refractivity contribution in [2.75, 3.05) is 76.5 Å². The Morgan fingerprint density at radius 2 is 0.688 bits per heavy atom. The molecule has 0 aliphatic rings. The number of hydrogen-bond acceptors (Lipinski definition) is 26. The zero-order chi connectivity index (χ0) is 88.7. The van der Waals surface area contributed by atoms with Crippen molar-refractivity contribution in [3.8, 4) is 28.7 Å². The number of esters is 1. The zero-order valence-corrected chi connectivity index (χ0v) is 72.6. The maximum atomic E-state index is 13.0. The van der Waals surface area contributed by atoms with Gasteiger partial charge in [-0.15, -0.1) is 0 Å². The molecule has 3 N–H and O–H groups in total. The molecule has 0 fully saturated rings. The number of alkyl halides is 4. The molecular formula is C87H93F4N3O26S5. The van der Waals surface area contributed by atoms with Gasteiger partial charge in [-0.1, -0.05) is 191 Å². The van der Waals surface area contributed by atoms with E-state index in [0.29, 0.717) is 41.8 Å². The number of fused-ring (bicyclic) bond motifs is 5. The van der Waals surface area contributed by atoms with Crippen LogP contribution >= 0.6 is 0 Å². The fraction of sp³-hybridized carbons (Fsp3) is 0.195. The molecule has 0 spiro atoms. The second-order valence-electron chi connectivity index (χ2n) is 25.0. The molecule has 0 atom stereocenters. The van der Waals surface area contributed by atoms with Gasteiger partial charge in [0.15, 0.2) is 20.2 Å². The number of Topliss-reactive ketones (excluding diaryl/α,β-unsaturated/α-hetero) is 1. The molecule has 125 heavy (non-hydrogen) atoms. The van der Waals surface area contributed by atoms with E-state index >= 15 is 0 Å². The largest absolute Gasteiger partial charge is 0.748 e. The van der Waals surface area contributed by atoms with Crippen LogP contribution in [0.4, 0.5) is 17.6 Å². The minimum Gasteiger partial charge on any atom is -0.748 e. The Bertz CT molecular complexity index is 6020. The van der Waals surface area contributed by atoms with Crippen molar-refractivity contribution in [3.63, 3.8) is 0 Å². The average Bonchev–Trinajstić information content (AvgIpc) is 0.814. The van der Waals surface area contributed by atoms with Gasteiger partial charge >= 0.3 is 22.4 Å². The summed E-state index contributed by atoms with van der Waals surface area (Å²) in [7, 11) is -25.8. The average molecular weight is 1830 g/mol. The summed E-state index contributed by atoms with van der Waals surface area (Å²) in [6.07, 6.45) is 9.19. The van der Waals surface area contributed by atoms with E-state index in [4.69, 9.17) is 23.7 Å². The summed E-state index contributed by atoms with van der Waals surface area (Å²) in [5.41, 5.74) is 4.85. The summed E-state index contributed by atoms with van der Waals surface area (Å²) in [5.74, 6) is -7.02. The van der Waals surface area contributed by atoms with Crippen molar-refractivity contribution in [1.29, 1.82) is 0 Å². The van der Waals surface area contributed by atoms with Gasteiger partial charge in [-0.3, -0.25) is 19.2 Å². The summed E-state index contributed by atoms with van der Waals surface area (Å²) in [5, 5.41) is 5.68. The molecule has 10 aromatic rings.